The van der Waals surface area contributed by atoms with Gasteiger partial charge in [-0.3, -0.25) is 9.89 Å². The van der Waals surface area contributed by atoms with Crippen LogP contribution < -0.4 is 5.32 Å². The second-order valence-corrected chi connectivity index (χ2v) is 9.01. The Morgan fingerprint density at radius 3 is 2.67 bits per heavy atom. The Morgan fingerprint density at radius 2 is 1.92 bits per heavy atom. The van der Waals surface area contributed by atoms with Crippen LogP contribution in [0, 0.1) is 0 Å². The molecule has 3 aromatic heterocycles. The van der Waals surface area contributed by atoms with Crippen LogP contribution in [0.4, 0.5) is 11.5 Å². The van der Waals surface area contributed by atoms with E-state index in [2.05, 4.69) is 20.5 Å². The molecule has 0 bridgehead atoms. The number of carbonyl (C=O) groups excluding carboxylic acids is 1. The predicted molar refractivity (Wildman–Crippen MR) is 138 cm³/mol. The van der Waals surface area contributed by atoms with Crippen molar-refractivity contribution >= 4 is 28.3 Å². The van der Waals surface area contributed by atoms with Crippen molar-refractivity contribution in [2.75, 3.05) is 18.4 Å². The van der Waals surface area contributed by atoms with E-state index in [9.17, 15) is 9.90 Å². The van der Waals surface area contributed by atoms with Crippen molar-refractivity contribution in [2.45, 2.75) is 12.5 Å². The van der Waals surface area contributed by atoms with Crippen molar-refractivity contribution in [3.63, 3.8) is 0 Å². The van der Waals surface area contributed by atoms with Crippen LogP contribution in [0.25, 0.3) is 33.4 Å². The lowest BCUT2D eigenvalue weighted by Crippen LogP contribution is -2.30. The van der Waals surface area contributed by atoms with Crippen LogP contribution in [0.15, 0.2) is 73.2 Å². The average molecular weight is 480 g/mol. The van der Waals surface area contributed by atoms with E-state index in [4.69, 9.17) is 4.98 Å². The standard InChI is InChI=1S/C27H25N7O2/c1-33-23-13-19(3-2-18(23)12-24(33)27(36)34-11-9-22(35)16-34)26-28-10-8-25(32-26)31-21-6-4-17(5-7-21)20-14-29-30-15-20/h2-8,10,12-15,22,35H,9,11,16H2,1H3,(H,29,30)(H,28,31,32)/t22-/m0/s1. The van der Waals surface area contributed by atoms with Gasteiger partial charge in [-0.1, -0.05) is 24.3 Å². The number of hydrogen-bond donors (Lipinski definition) is 3. The number of rotatable bonds is 5. The van der Waals surface area contributed by atoms with Crippen molar-refractivity contribution in [1.29, 1.82) is 0 Å². The number of amides is 1. The minimum Gasteiger partial charge on any atom is -0.391 e. The normalized spacial score (nSPS) is 15.5. The van der Waals surface area contributed by atoms with Crippen LogP contribution in [0.1, 0.15) is 16.9 Å². The van der Waals surface area contributed by atoms with Crippen LogP contribution in [-0.4, -0.2) is 59.8 Å². The first-order chi connectivity index (χ1) is 17.5. The summed E-state index contributed by atoms with van der Waals surface area (Å²) in [5.41, 5.74) is 5.41. The second kappa shape index (κ2) is 8.94. The van der Waals surface area contributed by atoms with Crippen LogP contribution in [0.2, 0.25) is 0 Å². The molecule has 9 nitrogen and oxygen atoms in total. The fourth-order valence-electron chi connectivity index (χ4n) is 4.63. The fourth-order valence-corrected chi connectivity index (χ4v) is 4.63. The molecule has 1 fully saturated rings. The van der Waals surface area contributed by atoms with E-state index in [-0.39, 0.29) is 5.91 Å². The highest BCUT2D eigenvalue weighted by Crippen LogP contribution is 2.27. The lowest BCUT2D eigenvalue weighted by molar-refractivity contribution is 0.0756. The van der Waals surface area contributed by atoms with Crippen molar-refractivity contribution < 1.29 is 9.90 Å². The number of aliphatic hydroxyl groups is 1. The molecule has 1 amide bonds. The van der Waals surface area contributed by atoms with Gasteiger partial charge in [0, 0.05) is 60.2 Å². The van der Waals surface area contributed by atoms with Gasteiger partial charge in [0.05, 0.1) is 12.3 Å². The first-order valence-corrected chi connectivity index (χ1v) is 11.8. The third kappa shape index (κ3) is 4.09. The molecule has 1 aliphatic rings. The van der Waals surface area contributed by atoms with E-state index in [0.29, 0.717) is 36.8 Å². The summed E-state index contributed by atoms with van der Waals surface area (Å²) < 4.78 is 1.90. The summed E-state index contributed by atoms with van der Waals surface area (Å²) in [5.74, 6) is 1.22. The maximum Gasteiger partial charge on any atom is 0.270 e. The van der Waals surface area contributed by atoms with Gasteiger partial charge in [-0.15, -0.1) is 0 Å². The lowest BCUT2D eigenvalue weighted by atomic mass is 10.1. The Hall–Kier alpha value is -4.50. The molecule has 0 spiro atoms. The van der Waals surface area contributed by atoms with Gasteiger partial charge >= 0.3 is 0 Å². The maximum atomic E-state index is 13.0. The average Bonchev–Trinajstić information content (AvgIpc) is 3.65. The van der Waals surface area contributed by atoms with Gasteiger partial charge < -0.3 is 19.9 Å². The number of fused-ring (bicyclic) bond motifs is 1. The number of anilines is 2. The summed E-state index contributed by atoms with van der Waals surface area (Å²) in [4.78, 5) is 23.9. The zero-order chi connectivity index (χ0) is 24.6. The number of carbonyl (C=O) groups is 1. The fraction of sp³-hybridized carbons (Fsp3) is 0.185. The molecule has 1 atom stereocenters. The molecular weight excluding hydrogens is 454 g/mol. The van der Waals surface area contributed by atoms with E-state index in [0.717, 1.165) is 33.3 Å². The number of nitrogens with one attached hydrogen (secondary N) is 2. The SMILES string of the molecule is Cn1c(C(=O)N2CC[C@H](O)C2)cc2ccc(-c3nccc(Nc4ccc(-c5cn[nH]c5)cc4)n3)cc21. The van der Waals surface area contributed by atoms with Gasteiger partial charge in [0.25, 0.3) is 5.91 Å². The number of nitrogens with zero attached hydrogens (tertiary/aromatic N) is 5. The molecule has 1 aliphatic heterocycles. The van der Waals surface area contributed by atoms with Crippen molar-refractivity contribution in [2.24, 2.45) is 7.05 Å². The van der Waals surface area contributed by atoms with Gasteiger partial charge in [-0.2, -0.15) is 5.10 Å². The van der Waals surface area contributed by atoms with Gasteiger partial charge in [0.15, 0.2) is 5.82 Å². The third-order valence-corrected chi connectivity index (χ3v) is 6.62. The number of aromatic nitrogens is 5. The quantitative estimate of drug-likeness (QED) is 0.352. The number of H-pyrrole nitrogens is 1. The minimum absolute atomic E-state index is 0.0620. The summed E-state index contributed by atoms with van der Waals surface area (Å²) >= 11 is 0. The molecule has 2 aromatic carbocycles. The monoisotopic (exact) mass is 479 g/mol. The zero-order valence-corrected chi connectivity index (χ0v) is 19.7. The summed E-state index contributed by atoms with van der Waals surface area (Å²) in [6.07, 6.45) is 5.56. The number of hydrogen-bond acceptors (Lipinski definition) is 6. The van der Waals surface area contributed by atoms with Crippen molar-refractivity contribution in [3.8, 4) is 22.5 Å². The van der Waals surface area contributed by atoms with Crippen molar-refractivity contribution in [3.05, 3.63) is 78.9 Å². The first kappa shape index (κ1) is 22.0. The first-order valence-electron chi connectivity index (χ1n) is 11.8. The Labute approximate surface area is 207 Å². The van der Waals surface area contributed by atoms with Gasteiger partial charge in [0.2, 0.25) is 0 Å². The molecule has 0 radical (unpaired) electrons. The highest BCUT2D eigenvalue weighted by molar-refractivity contribution is 5.99. The molecule has 36 heavy (non-hydrogen) atoms. The molecule has 1 saturated heterocycles. The second-order valence-electron chi connectivity index (χ2n) is 9.01. The van der Waals surface area contributed by atoms with Crippen LogP contribution >= 0.6 is 0 Å². The van der Waals surface area contributed by atoms with E-state index in [1.807, 2.05) is 72.4 Å². The number of aryl methyl sites for hydroxylation is 1. The van der Waals surface area contributed by atoms with Gasteiger partial charge in [-0.05, 0) is 42.3 Å². The highest BCUT2D eigenvalue weighted by Gasteiger charge is 2.27. The highest BCUT2D eigenvalue weighted by atomic mass is 16.3. The predicted octanol–water partition coefficient (Wildman–Crippen LogP) is 3.98. The molecule has 0 saturated carbocycles. The largest absolute Gasteiger partial charge is 0.391 e. The van der Waals surface area contributed by atoms with Gasteiger partial charge in [-0.25, -0.2) is 9.97 Å². The molecule has 180 valence electrons. The maximum absolute atomic E-state index is 13.0. The number of likely N-dealkylation sites (tertiary alicyclic amines) is 1. The smallest absolute Gasteiger partial charge is 0.270 e. The molecule has 3 N–H and O–H groups in total. The van der Waals surface area contributed by atoms with E-state index in [1.54, 1.807) is 17.3 Å². The topological polar surface area (TPSA) is 112 Å². The van der Waals surface area contributed by atoms with Crippen LogP contribution in [-0.2, 0) is 7.05 Å². The molecule has 5 aromatic rings. The zero-order valence-electron chi connectivity index (χ0n) is 19.7. The number of benzene rings is 2. The number of aromatic amines is 1. The Balaban J connectivity index is 1.25. The third-order valence-electron chi connectivity index (χ3n) is 6.62. The number of β-amino-alcohol motifs (C(OH)–C–C–N with tert-alkyl or cyclic N) is 1. The number of aliphatic hydroxyl groups excluding tert-OH is 1. The molecular formula is C27H25N7O2. The van der Waals surface area contributed by atoms with E-state index in [1.165, 1.54) is 0 Å². The Bertz CT molecular complexity index is 1540. The summed E-state index contributed by atoms with van der Waals surface area (Å²) in [5, 5.41) is 20.9. The summed E-state index contributed by atoms with van der Waals surface area (Å²) in [6.45, 7) is 0.956. The minimum atomic E-state index is -0.442. The summed E-state index contributed by atoms with van der Waals surface area (Å²) in [7, 11) is 1.89. The van der Waals surface area contributed by atoms with Crippen LogP contribution in [0.5, 0.6) is 0 Å². The Morgan fingerprint density at radius 1 is 1.08 bits per heavy atom. The van der Waals surface area contributed by atoms with E-state index < -0.39 is 6.10 Å². The van der Waals surface area contributed by atoms with E-state index >= 15 is 0 Å². The lowest BCUT2D eigenvalue weighted by Gasteiger charge is -2.15. The molecule has 9 heteroatoms. The molecule has 4 heterocycles. The Kier molecular flexibility index (Phi) is 5.46. The molecule has 6 rings (SSSR count). The molecule has 0 unspecified atom stereocenters. The van der Waals surface area contributed by atoms with Crippen molar-refractivity contribution in [1.82, 2.24) is 29.6 Å². The van der Waals surface area contributed by atoms with Crippen LogP contribution in [0.3, 0.4) is 0 Å². The summed E-state index contributed by atoms with van der Waals surface area (Å²) in [6, 6.07) is 17.7. The molecule has 0 aliphatic carbocycles. The van der Waals surface area contributed by atoms with Gasteiger partial charge in [0.1, 0.15) is 11.5 Å².